The minimum Gasteiger partial charge on any atom is -0.462 e. The van der Waals surface area contributed by atoms with E-state index in [2.05, 4.69) is 4.99 Å². The lowest BCUT2D eigenvalue weighted by atomic mass is 9.92. The summed E-state index contributed by atoms with van der Waals surface area (Å²) in [6, 6.07) is 5.04. The molecule has 1 aliphatic rings. The van der Waals surface area contributed by atoms with E-state index in [1.165, 1.54) is 6.07 Å². The molecule has 1 aromatic rings. The predicted octanol–water partition coefficient (Wildman–Crippen LogP) is 2.27. The predicted molar refractivity (Wildman–Crippen MR) is 56.4 cm³/mol. The Morgan fingerprint density at radius 1 is 1.41 bits per heavy atom. The molecule has 1 aromatic carbocycles. The summed E-state index contributed by atoms with van der Waals surface area (Å²) >= 11 is 0. The molecular weight excluding hydrogens is 233 g/mol. The number of hydrogen-bond acceptors (Lipinski definition) is 3. The second-order valence-corrected chi connectivity index (χ2v) is 4.09. The second kappa shape index (κ2) is 3.65. The van der Waals surface area contributed by atoms with Gasteiger partial charge in [-0.25, -0.2) is 4.99 Å². The Bertz CT molecular complexity index is 470. The molecule has 0 saturated carbocycles. The Labute approximate surface area is 96.1 Å². The molecule has 1 aliphatic heterocycles. The maximum atomic E-state index is 12.6. The van der Waals surface area contributed by atoms with Crippen LogP contribution in [0.4, 0.5) is 13.2 Å². The van der Waals surface area contributed by atoms with E-state index in [1.807, 2.05) is 0 Å². The van der Waals surface area contributed by atoms with E-state index in [1.54, 1.807) is 13.0 Å². The van der Waals surface area contributed by atoms with Crippen LogP contribution >= 0.6 is 0 Å². The van der Waals surface area contributed by atoms with Crippen molar-refractivity contribution in [1.29, 1.82) is 0 Å². The van der Waals surface area contributed by atoms with E-state index in [9.17, 15) is 13.2 Å². The van der Waals surface area contributed by atoms with Crippen molar-refractivity contribution >= 4 is 6.02 Å². The van der Waals surface area contributed by atoms with Crippen LogP contribution in [0.5, 0.6) is 0 Å². The number of halogens is 3. The van der Waals surface area contributed by atoms with Gasteiger partial charge >= 0.3 is 6.18 Å². The molecule has 3 nitrogen and oxygen atoms in total. The van der Waals surface area contributed by atoms with Crippen LogP contribution in [0.25, 0.3) is 0 Å². The molecule has 0 aliphatic carbocycles. The number of aliphatic imine (C=N–C) groups is 1. The maximum Gasteiger partial charge on any atom is 0.416 e. The Morgan fingerprint density at radius 3 is 2.65 bits per heavy atom. The Kier molecular flexibility index (Phi) is 2.52. The zero-order valence-corrected chi connectivity index (χ0v) is 9.08. The molecule has 2 N–H and O–H groups in total. The lowest BCUT2D eigenvalue weighted by Crippen LogP contribution is -2.21. The van der Waals surface area contributed by atoms with Gasteiger partial charge in [0.05, 0.1) is 5.56 Å². The highest BCUT2D eigenvalue weighted by molar-refractivity contribution is 5.74. The summed E-state index contributed by atoms with van der Waals surface area (Å²) in [7, 11) is 0. The molecule has 0 spiro atoms. The number of amidine groups is 1. The number of benzene rings is 1. The molecule has 0 bridgehead atoms. The van der Waals surface area contributed by atoms with Gasteiger partial charge in [0.1, 0.15) is 12.1 Å². The van der Waals surface area contributed by atoms with Crippen LogP contribution in [0.3, 0.4) is 0 Å². The molecule has 0 saturated heterocycles. The molecule has 0 radical (unpaired) electrons. The van der Waals surface area contributed by atoms with Gasteiger partial charge in [-0.15, -0.1) is 0 Å². The van der Waals surface area contributed by atoms with E-state index in [-0.39, 0.29) is 12.6 Å². The van der Waals surface area contributed by atoms with Crippen molar-refractivity contribution in [3.63, 3.8) is 0 Å². The lowest BCUT2D eigenvalue weighted by Gasteiger charge is -2.19. The lowest BCUT2D eigenvalue weighted by molar-refractivity contribution is -0.137. The van der Waals surface area contributed by atoms with Crippen molar-refractivity contribution < 1.29 is 17.9 Å². The highest BCUT2D eigenvalue weighted by Gasteiger charge is 2.36. The van der Waals surface area contributed by atoms with E-state index in [0.717, 1.165) is 12.1 Å². The summed E-state index contributed by atoms with van der Waals surface area (Å²) in [4.78, 5) is 4.02. The fourth-order valence-electron chi connectivity index (χ4n) is 1.70. The number of nitrogens with zero attached hydrogens (tertiary/aromatic N) is 1. The standard InChI is InChI=1S/C11H11F3N2O/c1-10(6-17-9(15)16-10)7-3-2-4-8(5-7)11(12,13)14/h2-5H,6H2,1H3,(H2,15,16)/t10-/m1/s1. The normalized spacial score (nSPS) is 24.4. The van der Waals surface area contributed by atoms with Crippen molar-refractivity contribution in [3.05, 3.63) is 35.4 Å². The van der Waals surface area contributed by atoms with Gasteiger partial charge in [0.2, 0.25) is 0 Å². The average Bonchev–Trinajstić information content (AvgIpc) is 2.59. The summed E-state index contributed by atoms with van der Waals surface area (Å²) in [5, 5.41) is 0. The number of rotatable bonds is 1. The molecule has 0 aromatic heterocycles. The van der Waals surface area contributed by atoms with Crippen molar-refractivity contribution in [2.75, 3.05) is 6.61 Å². The number of alkyl halides is 3. The molecule has 1 heterocycles. The van der Waals surface area contributed by atoms with Crippen LogP contribution in [0.1, 0.15) is 18.1 Å². The van der Waals surface area contributed by atoms with Gasteiger partial charge in [-0.1, -0.05) is 12.1 Å². The third kappa shape index (κ3) is 2.20. The third-order valence-electron chi connectivity index (χ3n) is 2.67. The summed E-state index contributed by atoms with van der Waals surface area (Å²) in [5.41, 5.74) is 4.28. The third-order valence-corrected chi connectivity index (χ3v) is 2.67. The largest absolute Gasteiger partial charge is 0.462 e. The smallest absolute Gasteiger partial charge is 0.416 e. The average molecular weight is 244 g/mol. The summed E-state index contributed by atoms with van der Waals surface area (Å²) in [6.07, 6.45) is -4.36. The van der Waals surface area contributed by atoms with Crippen LogP contribution in [-0.2, 0) is 16.5 Å². The fraction of sp³-hybridized carbons (Fsp3) is 0.364. The zero-order chi connectivity index (χ0) is 12.7. The topological polar surface area (TPSA) is 47.6 Å². The minimum absolute atomic E-state index is 0.00455. The highest BCUT2D eigenvalue weighted by atomic mass is 19.4. The van der Waals surface area contributed by atoms with Crippen molar-refractivity contribution in [2.24, 2.45) is 10.7 Å². The SMILES string of the molecule is C[C@]1(c2cccc(C(F)(F)F)c2)COC(N)=N1. The first-order valence-corrected chi connectivity index (χ1v) is 4.97. The zero-order valence-electron chi connectivity index (χ0n) is 9.08. The van der Waals surface area contributed by atoms with Gasteiger partial charge in [0, 0.05) is 0 Å². The molecular formula is C11H11F3N2O. The molecule has 1 atom stereocenters. The Morgan fingerprint density at radius 2 is 2.12 bits per heavy atom. The Hall–Kier alpha value is -1.72. The van der Waals surface area contributed by atoms with Crippen LogP contribution in [0, 0.1) is 0 Å². The molecule has 92 valence electrons. The quantitative estimate of drug-likeness (QED) is 0.823. The van der Waals surface area contributed by atoms with E-state index < -0.39 is 17.3 Å². The van der Waals surface area contributed by atoms with E-state index in [0.29, 0.717) is 5.56 Å². The van der Waals surface area contributed by atoms with Gasteiger partial charge in [-0.05, 0) is 24.6 Å². The Balaban J connectivity index is 2.41. The number of nitrogens with two attached hydrogens (primary N) is 1. The van der Waals surface area contributed by atoms with Gasteiger partial charge in [0.15, 0.2) is 0 Å². The van der Waals surface area contributed by atoms with Crippen molar-refractivity contribution in [2.45, 2.75) is 18.6 Å². The van der Waals surface area contributed by atoms with Crippen molar-refractivity contribution in [1.82, 2.24) is 0 Å². The van der Waals surface area contributed by atoms with Crippen LogP contribution < -0.4 is 5.73 Å². The summed E-state index contributed by atoms with van der Waals surface area (Å²) in [5.74, 6) is 0. The first-order valence-electron chi connectivity index (χ1n) is 4.97. The summed E-state index contributed by atoms with van der Waals surface area (Å²) in [6.45, 7) is 1.84. The molecule has 6 heteroatoms. The number of hydrogen-bond donors (Lipinski definition) is 1. The van der Waals surface area contributed by atoms with E-state index in [4.69, 9.17) is 10.5 Å². The van der Waals surface area contributed by atoms with Crippen LogP contribution in [0.2, 0.25) is 0 Å². The van der Waals surface area contributed by atoms with Crippen LogP contribution in [-0.4, -0.2) is 12.6 Å². The van der Waals surface area contributed by atoms with Gasteiger partial charge < -0.3 is 10.5 Å². The van der Waals surface area contributed by atoms with Gasteiger partial charge in [-0.3, -0.25) is 0 Å². The van der Waals surface area contributed by atoms with Gasteiger partial charge in [0.25, 0.3) is 6.02 Å². The minimum atomic E-state index is -4.36. The first kappa shape index (κ1) is 11.8. The van der Waals surface area contributed by atoms with E-state index >= 15 is 0 Å². The molecule has 0 unspecified atom stereocenters. The first-order chi connectivity index (χ1) is 7.81. The molecule has 17 heavy (non-hydrogen) atoms. The van der Waals surface area contributed by atoms with Gasteiger partial charge in [-0.2, -0.15) is 13.2 Å². The van der Waals surface area contributed by atoms with Crippen LogP contribution in [0.15, 0.2) is 29.3 Å². The fourth-order valence-corrected chi connectivity index (χ4v) is 1.70. The van der Waals surface area contributed by atoms with Crippen molar-refractivity contribution in [3.8, 4) is 0 Å². The maximum absolute atomic E-state index is 12.6. The molecule has 0 fully saturated rings. The molecule has 0 amide bonds. The second-order valence-electron chi connectivity index (χ2n) is 4.09. The summed E-state index contributed by atoms with van der Waals surface area (Å²) < 4.78 is 42.7. The highest BCUT2D eigenvalue weighted by Crippen LogP contribution is 2.34. The number of ether oxygens (including phenoxy) is 1. The monoisotopic (exact) mass is 244 g/mol. The molecule has 2 rings (SSSR count).